The van der Waals surface area contributed by atoms with Gasteiger partial charge in [0.25, 0.3) is 0 Å². The van der Waals surface area contributed by atoms with E-state index in [-0.39, 0.29) is 5.54 Å². The lowest BCUT2D eigenvalue weighted by atomic mass is 9.95. The van der Waals surface area contributed by atoms with E-state index in [2.05, 4.69) is 17.2 Å². The topological polar surface area (TPSA) is 69.4 Å². The Morgan fingerprint density at radius 2 is 2.35 bits per heavy atom. The first kappa shape index (κ1) is 12.0. The molecule has 5 nitrogen and oxygen atoms in total. The Kier molecular flexibility index (Phi) is 3.38. The van der Waals surface area contributed by atoms with E-state index >= 15 is 0 Å². The maximum atomic E-state index is 5.73. The number of nitrogens with two attached hydrogens (primary N) is 1. The van der Waals surface area contributed by atoms with Crippen molar-refractivity contribution in [1.82, 2.24) is 4.98 Å². The first-order valence-corrected chi connectivity index (χ1v) is 5.79. The third kappa shape index (κ3) is 2.79. The lowest BCUT2D eigenvalue weighted by Gasteiger charge is -2.34. The van der Waals surface area contributed by atoms with Gasteiger partial charge in [0.1, 0.15) is 5.82 Å². The molecule has 1 atom stereocenters. The molecule has 1 aromatic rings. The predicted octanol–water partition coefficient (Wildman–Crippen LogP) is 1.65. The summed E-state index contributed by atoms with van der Waals surface area (Å²) in [6.07, 6.45) is 2.14. The number of nitrogen functional groups attached to an aromatic ring is 1. The van der Waals surface area contributed by atoms with Crippen LogP contribution in [0.15, 0.2) is 12.1 Å². The summed E-state index contributed by atoms with van der Waals surface area (Å²) >= 11 is 0. The Labute approximate surface area is 101 Å². The minimum absolute atomic E-state index is 0.0631. The van der Waals surface area contributed by atoms with E-state index in [1.54, 1.807) is 13.2 Å². The molecule has 2 rings (SSSR count). The van der Waals surface area contributed by atoms with Crippen molar-refractivity contribution in [3.63, 3.8) is 0 Å². The van der Waals surface area contributed by atoms with Gasteiger partial charge in [0, 0.05) is 6.61 Å². The first-order chi connectivity index (χ1) is 8.13. The van der Waals surface area contributed by atoms with Gasteiger partial charge in [-0.1, -0.05) is 0 Å². The molecule has 1 aliphatic heterocycles. The van der Waals surface area contributed by atoms with Crippen LogP contribution in [0.3, 0.4) is 0 Å². The zero-order chi connectivity index (χ0) is 12.3. The molecule has 0 radical (unpaired) electrons. The molecule has 2 heterocycles. The molecule has 1 aromatic heterocycles. The predicted molar refractivity (Wildman–Crippen MR) is 67.3 cm³/mol. The Morgan fingerprint density at radius 3 is 3.00 bits per heavy atom. The highest BCUT2D eigenvalue weighted by atomic mass is 16.5. The first-order valence-electron chi connectivity index (χ1n) is 5.79. The fourth-order valence-electron chi connectivity index (χ4n) is 2.03. The lowest BCUT2D eigenvalue weighted by molar-refractivity contribution is 0.0539. The monoisotopic (exact) mass is 237 g/mol. The number of nitrogens with zero attached hydrogens (tertiary/aromatic N) is 1. The summed E-state index contributed by atoms with van der Waals surface area (Å²) in [7, 11) is 1.56. The molecule has 1 unspecified atom stereocenters. The van der Waals surface area contributed by atoms with Gasteiger partial charge >= 0.3 is 0 Å². The van der Waals surface area contributed by atoms with Gasteiger partial charge in [0.15, 0.2) is 0 Å². The zero-order valence-electron chi connectivity index (χ0n) is 10.3. The molecule has 0 saturated carbocycles. The molecule has 0 spiro atoms. The number of pyridine rings is 1. The third-order valence-electron chi connectivity index (χ3n) is 2.95. The standard InChI is InChI=1S/C12H19N3O2/c1-12(6-3-7-17-8-12)15-10-5-4-9(13)11(14-10)16-2/h4-5H,3,6-8,13H2,1-2H3,(H,14,15). The number of aromatic nitrogens is 1. The Morgan fingerprint density at radius 1 is 1.53 bits per heavy atom. The number of rotatable bonds is 3. The van der Waals surface area contributed by atoms with Crippen molar-refractivity contribution in [2.24, 2.45) is 0 Å². The van der Waals surface area contributed by atoms with Crippen LogP contribution in [0.1, 0.15) is 19.8 Å². The average Bonchev–Trinajstić information content (AvgIpc) is 2.32. The van der Waals surface area contributed by atoms with E-state index in [1.165, 1.54) is 0 Å². The molecular formula is C12H19N3O2. The summed E-state index contributed by atoms with van der Waals surface area (Å²) in [5, 5.41) is 3.39. The van der Waals surface area contributed by atoms with E-state index < -0.39 is 0 Å². The average molecular weight is 237 g/mol. The van der Waals surface area contributed by atoms with Gasteiger partial charge in [-0.2, -0.15) is 4.98 Å². The van der Waals surface area contributed by atoms with E-state index in [0.717, 1.165) is 25.3 Å². The normalized spacial score (nSPS) is 24.4. The van der Waals surface area contributed by atoms with Gasteiger partial charge in [-0.15, -0.1) is 0 Å². The van der Waals surface area contributed by atoms with Crippen molar-refractivity contribution in [3.8, 4) is 5.88 Å². The molecule has 3 N–H and O–H groups in total. The van der Waals surface area contributed by atoms with Crippen LogP contribution < -0.4 is 15.8 Å². The number of hydrogen-bond donors (Lipinski definition) is 2. The largest absolute Gasteiger partial charge is 0.479 e. The number of methoxy groups -OCH3 is 1. The van der Waals surface area contributed by atoms with E-state index in [1.807, 2.05) is 6.07 Å². The second-order valence-corrected chi connectivity index (χ2v) is 4.64. The summed E-state index contributed by atoms with van der Waals surface area (Å²) in [5.74, 6) is 1.22. The Bertz CT molecular complexity index is 389. The van der Waals surface area contributed by atoms with Crippen molar-refractivity contribution in [2.75, 3.05) is 31.4 Å². The summed E-state index contributed by atoms with van der Waals surface area (Å²) in [6.45, 7) is 3.67. The van der Waals surface area contributed by atoms with Crippen LogP contribution in [0, 0.1) is 0 Å². The Hall–Kier alpha value is -1.49. The SMILES string of the molecule is COc1nc(NC2(C)CCCOC2)ccc1N. The quantitative estimate of drug-likeness (QED) is 0.836. The number of nitrogens with one attached hydrogen (secondary N) is 1. The molecule has 1 aliphatic rings. The van der Waals surface area contributed by atoms with Crippen LogP contribution in [0.2, 0.25) is 0 Å². The zero-order valence-corrected chi connectivity index (χ0v) is 10.3. The van der Waals surface area contributed by atoms with Crippen molar-refractivity contribution in [3.05, 3.63) is 12.1 Å². The van der Waals surface area contributed by atoms with Gasteiger partial charge < -0.3 is 20.5 Å². The summed E-state index contributed by atoms with van der Waals surface area (Å²) in [4.78, 5) is 4.32. The molecule has 0 bridgehead atoms. The van der Waals surface area contributed by atoms with Crippen molar-refractivity contribution in [1.29, 1.82) is 0 Å². The molecule has 1 saturated heterocycles. The summed E-state index contributed by atoms with van der Waals surface area (Å²) in [5.41, 5.74) is 6.21. The molecule has 0 aromatic carbocycles. The molecule has 94 valence electrons. The minimum Gasteiger partial charge on any atom is -0.479 e. The van der Waals surface area contributed by atoms with Crippen LogP contribution in [-0.4, -0.2) is 30.8 Å². The van der Waals surface area contributed by atoms with Crippen molar-refractivity contribution in [2.45, 2.75) is 25.3 Å². The van der Waals surface area contributed by atoms with Crippen molar-refractivity contribution >= 4 is 11.5 Å². The van der Waals surface area contributed by atoms with E-state index in [9.17, 15) is 0 Å². The summed E-state index contributed by atoms with van der Waals surface area (Å²) in [6, 6.07) is 3.65. The summed E-state index contributed by atoms with van der Waals surface area (Å²) < 4.78 is 10.6. The fraction of sp³-hybridized carbons (Fsp3) is 0.583. The van der Waals surface area contributed by atoms with Crippen molar-refractivity contribution < 1.29 is 9.47 Å². The molecule has 17 heavy (non-hydrogen) atoms. The van der Waals surface area contributed by atoms with Gasteiger partial charge in [-0.05, 0) is 31.9 Å². The number of ether oxygens (including phenoxy) is 2. The molecule has 1 fully saturated rings. The highest BCUT2D eigenvalue weighted by Crippen LogP contribution is 2.26. The second kappa shape index (κ2) is 4.79. The minimum atomic E-state index is -0.0631. The molecule has 0 amide bonds. The van der Waals surface area contributed by atoms with Crippen LogP contribution in [0.4, 0.5) is 11.5 Å². The number of anilines is 2. The van der Waals surface area contributed by atoms with E-state index in [0.29, 0.717) is 18.2 Å². The van der Waals surface area contributed by atoms with E-state index in [4.69, 9.17) is 15.2 Å². The maximum Gasteiger partial charge on any atom is 0.238 e. The second-order valence-electron chi connectivity index (χ2n) is 4.64. The molecular weight excluding hydrogens is 218 g/mol. The highest BCUT2D eigenvalue weighted by molar-refractivity contribution is 5.54. The molecule has 0 aliphatic carbocycles. The maximum absolute atomic E-state index is 5.73. The smallest absolute Gasteiger partial charge is 0.238 e. The fourth-order valence-corrected chi connectivity index (χ4v) is 2.03. The Balaban J connectivity index is 2.12. The van der Waals surface area contributed by atoms with Gasteiger partial charge in [-0.3, -0.25) is 0 Å². The number of hydrogen-bond acceptors (Lipinski definition) is 5. The lowest BCUT2D eigenvalue weighted by Crippen LogP contribution is -2.43. The third-order valence-corrected chi connectivity index (χ3v) is 2.95. The van der Waals surface area contributed by atoms with Crippen LogP contribution >= 0.6 is 0 Å². The van der Waals surface area contributed by atoms with Gasteiger partial charge in [0.05, 0.1) is 24.9 Å². The van der Waals surface area contributed by atoms with Gasteiger partial charge in [-0.25, -0.2) is 0 Å². The van der Waals surface area contributed by atoms with Crippen LogP contribution in [-0.2, 0) is 4.74 Å². The van der Waals surface area contributed by atoms with Gasteiger partial charge in [0.2, 0.25) is 5.88 Å². The highest BCUT2D eigenvalue weighted by Gasteiger charge is 2.27. The molecule has 5 heteroatoms. The van der Waals surface area contributed by atoms with Crippen LogP contribution in [0.5, 0.6) is 5.88 Å². The van der Waals surface area contributed by atoms with Crippen LogP contribution in [0.25, 0.3) is 0 Å².